The smallest absolute Gasteiger partial charge is 0.337 e. The van der Waals surface area contributed by atoms with Crippen LogP contribution < -0.4 is 5.73 Å². The van der Waals surface area contributed by atoms with Crippen LogP contribution in [-0.4, -0.2) is 44.9 Å². The molecule has 116 valence electrons. The number of nitrogens with zero attached hydrogens (tertiary/aromatic N) is 1. The van der Waals surface area contributed by atoms with Gasteiger partial charge in [0.15, 0.2) is 0 Å². The van der Waals surface area contributed by atoms with Crippen LogP contribution in [0.2, 0.25) is 0 Å². The summed E-state index contributed by atoms with van der Waals surface area (Å²) in [5.41, 5.74) is 6.68. The molecule has 0 radical (unpaired) electrons. The fraction of sp³-hybridized carbons (Fsp3) is 0.500. The van der Waals surface area contributed by atoms with E-state index in [0.29, 0.717) is 18.7 Å². The number of hydrogen-bond acceptors (Lipinski definition) is 5. The van der Waals surface area contributed by atoms with E-state index in [1.165, 1.54) is 17.5 Å². The zero-order valence-electron chi connectivity index (χ0n) is 12.2. The molecule has 0 spiro atoms. The molecule has 2 rings (SSSR count). The van der Waals surface area contributed by atoms with Crippen molar-refractivity contribution in [3.8, 4) is 0 Å². The van der Waals surface area contributed by atoms with Crippen molar-refractivity contribution in [1.82, 2.24) is 4.31 Å². The first-order chi connectivity index (χ1) is 9.86. The maximum absolute atomic E-state index is 12.7. The maximum Gasteiger partial charge on any atom is 0.337 e. The molecule has 7 heteroatoms. The van der Waals surface area contributed by atoms with Crippen molar-refractivity contribution in [2.45, 2.75) is 30.7 Å². The molecule has 6 nitrogen and oxygen atoms in total. The first kappa shape index (κ1) is 15.9. The van der Waals surface area contributed by atoms with Crippen LogP contribution in [-0.2, 0) is 14.8 Å². The highest BCUT2D eigenvalue weighted by Crippen LogP contribution is 2.24. The molecular formula is C14H20N2O4S. The number of rotatable bonds is 3. The molecule has 21 heavy (non-hydrogen) atoms. The Morgan fingerprint density at radius 2 is 2.14 bits per heavy atom. The minimum atomic E-state index is -3.64. The number of carbonyl (C=O) groups is 1. The molecule has 0 saturated carbocycles. The fourth-order valence-electron chi connectivity index (χ4n) is 2.45. The first-order valence-electron chi connectivity index (χ1n) is 6.81. The number of nitrogens with two attached hydrogens (primary N) is 1. The molecule has 0 aromatic heterocycles. The van der Waals surface area contributed by atoms with E-state index in [0.717, 1.165) is 12.8 Å². The SMILES string of the molecule is COC(=O)c1ccc(C)c(S(=O)(=O)N2CCCC(N)C2)c1. The number of methoxy groups -OCH3 is 1. The number of piperidine rings is 1. The summed E-state index contributed by atoms with van der Waals surface area (Å²) >= 11 is 0. The second-order valence-electron chi connectivity index (χ2n) is 5.24. The predicted molar refractivity (Wildman–Crippen MR) is 78.5 cm³/mol. The lowest BCUT2D eigenvalue weighted by atomic mass is 10.1. The summed E-state index contributed by atoms with van der Waals surface area (Å²) in [5.74, 6) is -0.554. The quantitative estimate of drug-likeness (QED) is 0.837. The van der Waals surface area contributed by atoms with Gasteiger partial charge in [0, 0.05) is 19.1 Å². The van der Waals surface area contributed by atoms with Crippen LogP contribution in [0.3, 0.4) is 0 Å². The van der Waals surface area contributed by atoms with Crippen molar-refractivity contribution in [3.05, 3.63) is 29.3 Å². The van der Waals surface area contributed by atoms with Crippen LogP contribution in [0.1, 0.15) is 28.8 Å². The molecule has 1 aromatic rings. The van der Waals surface area contributed by atoms with E-state index >= 15 is 0 Å². The third-order valence-electron chi connectivity index (χ3n) is 3.65. The summed E-state index contributed by atoms with van der Waals surface area (Å²) in [7, 11) is -2.38. The molecule has 1 saturated heterocycles. The van der Waals surface area contributed by atoms with Gasteiger partial charge in [0.2, 0.25) is 10.0 Å². The van der Waals surface area contributed by atoms with E-state index in [9.17, 15) is 13.2 Å². The Labute approximate surface area is 124 Å². The average Bonchev–Trinajstić information content (AvgIpc) is 2.46. The monoisotopic (exact) mass is 312 g/mol. The number of aryl methyl sites for hydroxylation is 1. The largest absolute Gasteiger partial charge is 0.465 e. The summed E-state index contributed by atoms with van der Waals surface area (Å²) in [6, 6.07) is 4.40. The van der Waals surface area contributed by atoms with Gasteiger partial charge in [-0.25, -0.2) is 13.2 Å². The van der Waals surface area contributed by atoms with Crippen molar-refractivity contribution >= 4 is 16.0 Å². The van der Waals surface area contributed by atoms with Gasteiger partial charge in [-0.2, -0.15) is 4.31 Å². The van der Waals surface area contributed by atoms with Gasteiger partial charge < -0.3 is 10.5 Å². The molecule has 1 aliphatic heterocycles. The molecule has 0 amide bonds. The first-order valence-corrected chi connectivity index (χ1v) is 8.25. The number of sulfonamides is 1. The summed E-state index contributed by atoms with van der Waals surface area (Å²) in [4.78, 5) is 11.7. The molecule has 2 N–H and O–H groups in total. The highest BCUT2D eigenvalue weighted by atomic mass is 32.2. The summed E-state index contributed by atoms with van der Waals surface area (Å²) in [6.45, 7) is 2.47. The van der Waals surface area contributed by atoms with E-state index in [1.54, 1.807) is 19.1 Å². The second-order valence-corrected chi connectivity index (χ2v) is 7.14. The van der Waals surface area contributed by atoms with Gasteiger partial charge >= 0.3 is 5.97 Å². The third kappa shape index (κ3) is 3.25. The van der Waals surface area contributed by atoms with Gasteiger partial charge in [-0.1, -0.05) is 6.07 Å². The van der Waals surface area contributed by atoms with Gasteiger partial charge in [0.25, 0.3) is 0 Å². The molecule has 0 aliphatic carbocycles. The van der Waals surface area contributed by atoms with Gasteiger partial charge in [-0.15, -0.1) is 0 Å². The Kier molecular flexibility index (Phi) is 4.65. The molecule has 1 unspecified atom stereocenters. The van der Waals surface area contributed by atoms with Gasteiger partial charge in [0.05, 0.1) is 17.6 Å². The van der Waals surface area contributed by atoms with Crippen LogP contribution in [0.15, 0.2) is 23.1 Å². The molecule has 0 bridgehead atoms. The second kappa shape index (κ2) is 6.13. The lowest BCUT2D eigenvalue weighted by molar-refractivity contribution is 0.0600. The fourth-order valence-corrected chi connectivity index (χ4v) is 4.24. The maximum atomic E-state index is 12.7. The van der Waals surface area contributed by atoms with Crippen molar-refractivity contribution in [3.63, 3.8) is 0 Å². The molecule has 1 heterocycles. The van der Waals surface area contributed by atoms with E-state index in [4.69, 9.17) is 5.73 Å². The Morgan fingerprint density at radius 1 is 1.43 bits per heavy atom. The molecule has 1 aromatic carbocycles. The number of hydrogen-bond donors (Lipinski definition) is 1. The molecule has 1 atom stereocenters. The zero-order valence-corrected chi connectivity index (χ0v) is 13.0. The zero-order chi connectivity index (χ0) is 15.6. The minimum Gasteiger partial charge on any atom is -0.465 e. The van der Waals surface area contributed by atoms with Crippen LogP contribution in [0.5, 0.6) is 0 Å². The van der Waals surface area contributed by atoms with Crippen LogP contribution >= 0.6 is 0 Å². The van der Waals surface area contributed by atoms with Crippen molar-refractivity contribution in [2.75, 3.05) is 20.2 Å². The summed E-state index contributed by atoms with van der Waals surface area (Å²) < 4.78 is 31.5. The van der Waals surface area contributed by atoms with Gasteiger partial charge in [-0.3, -0.25) is 0 Å². The van der Waals surface area contributed by atoms with E-state index in [2.05, 4.69) is 4.74 Å². The summed E-state index contributed by atoms with van der Waals surface area (Å²) in [5, 5.41) is 0. The molecular weight excluding hydrogens is 292 g/mol. The van der Waals surface area contributed by atoms with E-state index < -0.39 is 16.0 Å². The standard InChI is InChI=1S/C14H20N2O4S/c1-10-5-6-11(14(17)20-2)8-13(10)21(18,19)16-7-3-4-12(15)9-16/h5-6,8,12H,3-4,7,9,15H2,1-2H3. The van der Waals surface area contributed by atoms with Crippen molar-refractivity contribution < 1.29 is 17.9 Å². The average molecular weight is 312 g/mol. The Hall–Kier alpha value is -1.44. The lowest BCUT2D eigenvalue weighted by Crippen LogP contribution is -2.45. The van der Waals surface area contributed by atoms with Crippen molar-refractivity contribution in [1.29, 1.82) is 0 Å². The predicted octanol–water partition coefficient (Wildman–Crippen LogP) is 0.893. The molecule has 1 aliphatic rings. The van der Waals surface area contributed by atoms with Crippen LogP contribution in [0, 0.1) is 6.92 Å². The number of ether oxygens (including phenoxy) is 1. The lowest BCUT2D eigenvalue weighted by Gasteiger charge is -2.30. The van der Waals surface area contributed by atoms with Gasteiger partial charge in [0.1, 0.15) is 0 Å². The number of benzene rings is 1. The van der Waals surface area contributed by atoms with Gasteiger partial charge in [-0.05, 0) is 37.5 Å². The Bertz CT molecular complexity index is 642. The normalized spacial score (nSPS) is 20.2. The van der Waals surface area contributed by atoms with Crippen molar-refractivity contribution in [2.24, 2.45) is 5.73 Å². The Balaban J connectivity index is 2.41. The number of carbonyl (C=O) groups excluding carboxylic acids is 1. The van der Waals surface area contributed by atoms with Crippen LogP contribution in [0.4, 0.5) is 0 Å². The molecule has 1 fully saturated rings. The van der Waals surface area contributed by atoms with E-state index in [1.807, 2.05) is 0 Å². The minimum absolute atomic E-state index is 0.138. The van der Waals surface area contributed by atoms with E-state index in [-0.39, 0.29) is 16.5 Å². The topological polar surface area (TPSA) is 89.7 Å². The number of esters is 1. The van der Waals surface area contributed by atoms with Crippen LogP contribution in [0.25, 0.3) is 0 Å². The third-order valence-corrected chi connectivity index (χ3v) is 5.65. The highest BCUT2D eigenvalue weighted by Gasteiger charge is 2.30. The Morgan fingerprint density at radius 3 is 2.76 bits per heavy atom. The summed E-state index contributed by atoms with van der Waals surface area (Å²) in [6.07, 6.45) is 1.57. The highest BCUT2D eigenvalue weighted by molar-refractivity contribution is 7.89.